The van der Waals surface area contributed by atoms with E-state index in [-0.39, 0.29) is 5.92 Å². The van der Waals surface area contributed by atoms with E-state index in [1.165, 1.54) is 5.69 Å². The number of nitrogens with one attached hydrogen (secondary N) is 1. The second kappa shape index (κ2) is 6.05. The number of hydrogen-bond donors (Lipinski definition) is 1. The Hall–Kier alpha value is -0.880. The molecular formula is C13H23N3O2S. The molecule has 2 rings (SSSR count). The third kappa shape index (κ3) is 3.79. The number of sulfone groups is 1. The zero-order chi connectivity index (χ0) is 13.9. The maximum atomic E-state index is 11.4. The molecule has 5 nitrogen and oxygen atoms in total. The summed E-state index contributed by atoms with van der Waals surface area (Å²) in [6, 6.07) is 2.13. The summed E-state index contributed by atoms with van der Waals surface area (Å²) < 4.78 is 24.8. The summed E-state index contributed by atoms with van der Waals surface area (Å²) in [5.74, 6) is 0.966. The Morgan fingerprint density at radius 2 is 2.26 bits per heavy atom. The maximum Gasteiger partial charge on any atom is 0.150 e. The van der Waals surface area contributed by atoms with Crippen molar-refractivity contribution in [2.24, 2.45) is 5.92 Å². The van der Waals surface area contributed by atoms with Gasteiger partial charge in [-0.1, -0.05) is 6.92 Å². The smallest absolute Gasteiger partial charge is 0.150 e. The summed E-state index contributed by atoms with van der Waals surface area (Å²) in [7, 11) is -2.76. The van der Waals surface area contributed by atoms with E-state index < -0.39 is 9.84 Å². The van der Waals surface area contributed by atoms with Gasteiger partial charge in [-0.25, -0.2) is 8.42 Å². The molecule has 108 valence electrons. The highest BCUT2D eigenvalue weighted by Gasteiger charge is 2.27. The van der Waals surface area contributed by atoms with Crippen LogP contribution in [0.1, 0.15) is 31.7 Å². The first-order chi connectivity index (χ1) is 9.04. The molecular weight excluding hydrogens is 262 g/mol. The van der Waals surface area contributed by atoms with Crippen LogP contribution in [0.15, 0.2) is 6.07 Å². The van der Waals surface area contributed by atoms with Crippen LogP contribution in [0, 0.1) is 5.92 Å². The van der Waals surface area contributed by atoms with E-state index in [9.17, 15) is 8.42 Å². The molecule has 0 aliphatic carbocycles. The summed E-state index contributed by atoms with van der Waals surface area (Å²) in [5, 5.41) is 7.87. The highest BCUT2D eigenvalue weighted by atomic mass is 32.2. The molecule has 1 aliphatic rings. The van der Waals surface area contributed by atoms with E-state index in [4.69, 9.17) is 0 Å². The molecule has 0 amide bonds. The Morgan fingerprint density at radius 1 is 1.47 bits per heavy atom. The van der Waals surface area contributed by atoms with Crippen LogP contribution in [0.3, 0.4) is 0 Å². The number of aromatic nitrogens is 2. The Bertz CT molecular complexity index is 522. The van der Waals surface area contributed by atoms with E-state index in [1.54, 1.807) is 0 Å². The molecule has 1 aliphatic heterocycles. The van der Waals surface area contributed by atoms with Crippen molar-refractivity contribution in [3.05, 3.63) is 17.5 Å². The largest absolute Gasteiger partial charge is 0.311 e. The van der Waals surface area contributed by atoms with E-state index in [2.05, 4.69) is 30.3 Å². The highest BCUT2D eigenvalue weighted by Crippen LogP contribution is 2.17. The minimum atomic E-state index is -2.76. The van der Waals surface area contributed by atoms with Crippen molar-refractivity contribution in [3.8, 4) is 0 Å². The average molecular weight is 285 g/mol. The van der Waals surface area contributed by atoms with Crippen LogP contribution in [0.25, 0.3) is 0 Å². The molecule has 0 saturated carbocycles. The van der Waals surface area contributed by atoms with Gasteiger partial charge in [0.1, 0.15) is 0 Å². The molecule has 1 fully saturated rings. The topological polar surface area (TPSA) is 64.0 Å². The molecule has 1 unspecified atom stereocenters. The van der Waals surface area contributed by atoms with Gasteiger partial charge >= 0.3 is 0 Å². The quantitative estimate of drug-likeness (QED) is 0.846. The van der Waals surface area contributed by atoms with Crippen molar-refractivity contribution in [1.29, 1.82) is 0 Å². The first-order valence-electron chi connectivity index (χ1n) is 7.00. The van der Waals surface area contributed by atoms with Crippen molar-refractivity contribution in [2.75, 3.05) is 18.1 Å². The third-order valence-corrected chi connectivity index (χ3v) is 5.48. The summed E-state index contributed by atoms with van der Waals surface area (Å²) >= 11 is 0. The summed E-state index contributed by atoms with van der Waals surface area (Å²) in [5.41, 5.74) is 2.29. The molecule has 0 aromatic carbocycles. The minimum Gasteiger partial charge on any atom is -0.311 e. The normalized spacial score (nSPS) is 21.9. The lowest BCUT2D eigenvalue weighted by Gasteiger charge is -2.10. The number of rotatable bonds is 6. The lowest BCUT2D eigenvalue weighted by molar-refractivity contribution is 0.503. The summed E-state index contributed by atoms with van der Waals surface area (Å²) in [4.78, 5) is 0. The molecule has 1 atom stereocenters. The van der Waals surface area contributed by atoms with Crippen LogP contribution in [0.5, 0.6) is 0 Å². The van der Waals surface area contributed by atoms with Crippen LogP contribution >= 0.6 is 0 Å². The number of aryl methyl sites for hydroxylation is 2. The van der Waals surface area contributed by atoms with Gasteiger partial charge in [0.2, 0.25) is 0 Å². The molecule has 19 heavy (non-hydrogen) atoms. The first kappa shape index (κ1) is 14.5. The Labute approximate surface area is 115 Å². The van der Waals surface area contributed by atoms with Gasteiger partial charge in [-0.3, -0.25) is 4.68 Å². The van der Waals surface area contributed by atoms with E-state index >= 15 is 0 Å². The fourth-order valence-corrected chi connectivity index (χ4v) is 4.40. The lowest BCUT2D eigenvalue weighted by Crippen LogP contribution is -2.24. The third-order valence-electron chi connectivity index (χ3n) is 3.64. The van der Waals surface area contributed by atoms with Crippen molar-refractivity contribution in [3.63, 3.8) is 0 Å². The predicted molar refractivity (Wildman–Crippen MR) is 75.7 cm³/mol. The second-order valence-electron chi connectivity index (χ2n) is 5.20. The molecule has 0 spiro atoms. The monoisotopic (exact) mass is 285 g/mol. The molecule has 0 bridgehead atoms. The van der Waals surface area contributed by atoms with Crippen molar-refractivity contribution < 1.29 is 8.42 Å². The molecule has 2 heterocycles. The molecule has 1 aromatic rings. The fourth-order valence-electron chi connectivity index (χ4n) is 2.54. The van der Waals surface area contributed by atoms with Gasteiger partial charge in [-0.05, 0) is 38.3 Å². The maximum absolute atomic E-state index is 11.4. The van der Waals surface area contributed by atoms with Gasteiger partial charge in [0.05, 0.1) is 22.9 Å². The van der Waals surface area contributed by atoms with Crippen LogP contribution < -0.4 is 5.32 Å². The number of hydrogen-bond acceptors (Lipinski definition) is 4. The molecule has 1 saturated heterocycles. The highest BCUT2D eigenvalue weighted by molar-refractivity contribution is 7.91. The molecule has 1 aromatic heterocycles. The van der Waals surface area contributed by atoms with Gasteiger partial charge in [0.25, 0.3) is 0 Å². The first-order valence-corrected chi connectivity index (χ1v) is 8.83. The second-order valence-corrected chi connectivity index (χ2v) is 7.43. The summed E-state index contributed by atoms with van der Waals surface area (Å²) in [6.07, 6.45) is 1.74. The summed E-state index contributed by atoms with van der Waals surface area (Å²) in [6.45, 7) is 6.59. The van der Waals surface area contributed by atoms with Crippen LogP contribution in [-0.4, -0.2) is 36.2 Å². The van der Waals surface area contributed by atoms with Crippen molar-refractivity contribution in [1.82, 2.24) is 15.1 Å². The van der Waals surface area contributed by atoms with Crippen LogP contribution in [-0.2, 0) is 29.3 Å². The Kier molecular flexibility index (Phi) is 4.62. The zero-order valence-corrected chi connectivity index (χ0v) is 12.5. The Balaban J connectivity index is 1.84. The van der Waals surface area contributed by atoms with Gasteiger partial charge in [0.15, 0.2) is 9.84 Å². The van der Waals surface area contributed by atoms with E-state index in [0.717, 1.165) is 38.2 Å². The number of nitrogens with zero attached hydrogens (tertiary/aromatic N) is 2. The fraction of sp³-hybridized carbons (Fsp3) is 0.769. The Morgan fingerprint density at radius 3 is 2.84 bits per heavy atom. The van der Waals surface area contributed by atoms with Gasteiger partial charge < -0.3 is 5.32 Å². The lowest BCUT2D eigenvalue weighted by atomic mass is 10.1. The van der Waals surface area contributed by atoms with Crippen LogP contribution in [0.4, 0.5) is 0 Å². The van der Waals surface area contributed by atoms with E-state index in [1.807, 2.05) is 4.68 Å². The van der Waals surface area contributed by atoms with E-state index in [0.29, 0.717) is 11.5 Å². The SMILES string of the molecule is CCc1cc(CNCC2CCS(=O)(=O)C2)n(CC)n1. The van der Waals surface area contributed by atoms with Crippen LogP contribution in [0.2, 0.25) is 0 Å². The minimum absolute atomic E-state index is 0.272. The van der Waals surface area contributed by atoms with Gasteiger partial charge in [0, 0.05) is 13.1 Å². The zero-order valence-electron chi connectivity index (χ0n) is 11.7. The molecule has 1 N–H and O–H groups in total. The van der Waals surface area contributed by atoms with Gasteiger partial charge in [-0.15, -0.1) is 0 Å². The average Bonchev–Trinajstić information content (AvgIpc) is 2.92. The molecule has 0 radical (unpaired) electrons. The standard InChI is InChI=1S/C13H23N3O2S/c1-3-12-7-13(16(4-2)15-12)9-14-8-11-5-6-19(17,18)10-11/h7,11,14H,3-6,8-10H2,1-2H3. The van der Waals surface area contributed by atoms with Gasteiger partial charge in [-0.2, -0.15) is 5.10 Å². The van der Waals surface area contributed by atoms with Crippen molar-refractivity contribution in [2.45, 2.75) is 39.8 Å². The van der Waals surface area contributed by atoms with Crippen molar-refractivity contribution >= 4 is 9.84 Å². The molecule has 6 heteroatoms. The predicted octanol–water partition coefficient (Wildman–Crippen LogP) is 0.990.